The number of benzene rings is 6. The average Bonchev–Trinajstić information content (AvgIpc) is 3.88. The molecule has 4 aliphatic carbocycles. The average molecular weight is 652 g/mol. The van der Waals surface area contributed by atoms with Gasteiger partial charge in [0.1, 0.15) is 11.2 Å². The van der Waals surface area contributed by atoms with E-state index in [1.807, 2.05) is 0 Å². The SMILES string of the molecule is CC1(C)c2ccc3c(c2-c2ccc4c(oc5ccccc54)c21)c1ccccc1n3-c1ccc(C2=CC=C3c4ccccc4C4=CC=CC2C43)cc1. The van der Waals surface area contributed by atoms with E-state index in [4.69, 9.17) is 4.42 Å². The maximum Gasteiger partial charge on any atom is 0.140 e. The molecule has 2 nitrogen and oxygen atoms in total. The Hall–Kier alpha value is -6.12. The summed E-state index contributed by atoms with van der Waals surface area (Å²) in [5.74, 6) is 0.722. The first-order valence-corrected chi connectivity index (χ1v) is 18.1. The van der Waals surface area contributed by atoms with Crippen LogP contribution in [0.3, 0.4) is 0 Å². The molecular formula is C49H33NO. The smallest absolute Gasteiger partial charge is 0.140 e. The van der Waals surface area contributed by atoms with E-state index in [9.17, 15) is 0 Å². The zero-order valence-corrected chi connectivity index (χ0v) is 28.4. The standard InChI is InChI=1S/C49H33NO/c1-49(2)40-26-27-42-46(45(40)39-25-24-37-33-12-6-8-17-43(33)51-48(37)47(39)49)38-13-5-7-16-41(38)50(42)29-20-18-28(19-21-29)30-22-23-36-32-11-4-3-10-31(32)35-15-9-14-34(30)44(35)36/h3-27,34,44H,1-2H3. The van der Waals surface area contributed by atoms with E-state index in [1.165, 1.54) is 93.9 Å². The zero-order valence-electron chi connectivity index (χ0n) is 28.4. The minimum absolute atomic E-state index is 0.206. The Morgan fingerprint density at radius 2 is 1.31 bits per heavy atom. The Balaban J connectivity index is 1.02. The minimum Gasteiger partial charge on any atom is -0.456 e. The minimum atomic E-state index is -0.206. The molecule has 0 amide bonds. The van der Waals surface area contributed by atoms with E-state index in [2.05, 4.69) is 170 Å². The molecule has 0 saturated carbocycles. The lowest BCUT2D eigenvalue weighted by Crippen LogP contribution is -2.18. The first-order chi connectivity index (χ1) is 25.1. The Morgan fingerprint density at radius 1 is 0.588 bits per heavy atom. The molecule has 0 saturated heterocycles. The quantitative estimate of drug-likeness (QED) is 0.182. The van der Waals surface area contributed by atoms with Crippen LogP contribution < -0.4 is 0 Å². The van der Waals surface area contributed by atoms with Gasteiger partial charge in [0.15, 0.2) is 0 Å². The molecule has 0 aliphatic heterocycles. The van der Waals surface area contributed by atoms with Crippen molar-refractivity contribution in [3.63, 3.8) is 0 Å². The summed E-state index contributed by atoms with van der Waals surface area (Å²) in [5.41, 5.74) is 19.0. The molecule has 2 heterocycles. The second-order valence-electron chi connectivity index (χ2n) is 15.2. The Kier molecular flexibility index (Phi) is 5.19. The maximum absolute atomic E-state index is 6.64. The van der Waals surface area contributed by atoms with Crippen molar-refractivity contribution >= 4 is 60.5 Å². The number of hydrogen-bond acceptors (Lipinski definition) is 1. The van der Waals surface area contributed by atoms with Crippen molar-refractivity contribution < 1.29 is 4.42 Å². The molecule has 6 aromatic carbocycles. The molecule has 2 unspecified atom stereocenters. The van der Waals surface area contributed by atoms with Gasteiger partial charge in [-0.3, -0.25) is 0 Å². The lowest BCUT2D eigenvalue weighted by atomic mass is 9.72. The number of para-hydroxylation sites is 2. The van der Waals surface area contributed by atoms with Gasteiger partial charge in [-0.1, -0.05) is 129 Å². The summed E-state index contributed by atoms with van der Waals surface area (Å²) < 4.78 is 9.10. The molecule has 0 N–H and O–H groups in total. The van der Waals surface area contributed by atoms with Crippen molar-refractivity contribution in [3.05, 3.63) is 180 Å². The van der Waals surface area contributed by atoms with Crippen LogP contribution in [0.1, 0.15) is 41.7 Å². The van der Waals surface area contributed by atoms with Crippen molar-refractivity contribution in [1.82, 2.24) is 4.57 Å². The highest BCUT2D eigenvalue weighted by atomic mass is 16.3. The van der Waals surface area contributed by atoms with Crippen LogP contribution in [0.5, 0.6) is 0 Å². The lowest BCUT2D eigenvalue weighted by Gasteiger charge is -2.31. The van der Waals surface area contributed by atoms with Gasteiger partial charge in [-0.2, -0.15) is 0 Å². The van der Waals surface area contributed by atoms with Gasteiger partial charge in [-0.25, -0.2) is 0 Å². The highest BCUT2D eigenvalue weighted by molar-refractivity contribution is 6.19. The van der Waals surface area contributed by atoms with Crippen molar-refractivity contribution in [2.24, 2.45) is 11.8 Å². The molecule has 0 bridgehead atoms. The summed E-state index contributed by atoms with van der Waals surface area (Å²) in [6.45, 7) is 4.72. The summed E-state index contributed by atoms with van der Waals surface area (Å²) in [7, 11) is 0. The second-order valence-corrected chi connectivity index (χ2v) is 15.2. The number of hydrogen-bond donors (Lipinski definition) is 0. The van der Waals surface area contributed by atoms with Crippen LogP contribution >= 0.6 is 0 Å². The van der Waals surface area contributed by atoms with Crippen LogP contribution in [0.2, 0.25) is 0 Å². The molecule has 2 atom stereocenters. The number of allylic oxidation sites excluding steroid dienone is 8. The van der Waals surface area contributed by atoms with Gasteiger partial charge in [0, 0.05) is 50.0 Å². The normalized spacial score (nSPS) is 19.2. The van der Waals surface area contributed by atoms with Crippen LogP contribution in [-0.4, -0.2) is 4.57 Å². The van der Waals surface area contributed by atoms with Crippen LogP contribution in [-0.2, 0) is 5.41 Å². The fraction of sp³-hybridized carbons (Fsp3) is 0.102. The Labute approximate surface area is 296 Å². The molecule has 4 aliphatic rings. The predicted molar refractivity (Wildman–Crippen MR) is 212 cm³/mol. The molecule has 0 spiro atoms. The Bertz CT molecular complexity index is 2990. The summed E-state index contributed by atoms with van der Waals surface area (Å²) in [6, 6.07) is 44.8. The molecule has 2 aromatic heterocycles. The molecule has 12 rings (SSSR count). The van der Waals surface area contributed by atoms with E-state index >= 15 is 0 Å². The van der Waals surface area contributed by atoms with Crippen molar-refractivity contribution in [1.29, 1.82) is 0 Å². The first-order valence-electron chi connectivity index (χ1n) is 18.1. The van der Waals surface area contributed by atoms with E-state index < -0.39 is 0 Å². The van der Waals surface area contributed by atoms with Gasteiger partial charge in [0.05, 0.1) is 11.0 Å². The number of fused-ring (bicyclic) bond motifs is 14. The molecule has 240 valence electrons. The van der Waals surface area contributed by atoms with E-state index in [-0.39, 0.29) is 5.41 Å². The van der Waals surface area contributed by atoms with Gasteiger partial charge in [0.25, 0.3) is 0 Å². The van der Waals surface area contributed by atoms with Gasteiger partial charge < -0.3 is 8.98 Å². The monoisotopic (exact) mass is 651 g/mol. The molecule has 51 heavy (non-hydrogen) atoms. The second kappa shape index (κ2) is 9.56. The van der Waals surface area contributed by atoms with Crippen LogP contribution in [0.15, 0.2) is 156 Å². The summed E-state index contributed by atoms with van der Waals surface area (Å²) in [5, 5.41) is 4.96. The van der Waals surface area contributed by atoms with E-state index in [0.717, 1.165) is 11.2 Å². The zero-order chi connectivity index (χ0) is 33.6. The van der Waals surface area contributed by atoms with Crippen molar-refractivity contribution in [2.75, 3.05) is 0 Å². The van der Waals surface area contributed by atoms with Gasteiger partial charge in [0.2, 0.25) is 0 Å². The van der Waals surface area contributed by atoms with Gasteiger partial charge >= 0.3 is 0 Å². The summed E-state index contributed by atoms with van der Waals surface area (Å²) in [4.78, 5) is 0. The fourth-order valence-electron chi connectivity index (χ4n) is 10.2. The third kappa shape index (κ3) is 3.43. The highest BCUT2D eigenvalue weighted by Gasteiger charge is 2.42. The predicted octanol–water partition coefficient (Wildman–Crippen LogP) is 12.7. The van der Waals surface area contributed by atoms with E-state index in [1.54, 1.807) is 0 Å². The maximum atomic E-state index is 6.64. The third-order valence-corrected chi connectivity index (χ3v) is 12.4. The van der Waals surface area contributed by atoms with Gasteiger partial charge in [-0.05, 0) is 86.5 Å². The lowest BCUT2D eigenvalue weighted by molar-refractivity contribution is 0.620. The number of furan rings is 1. The molecule has 0 radical (unpaired) electrons. The molecule has 0 fully saturated rings. The highest BCUT2D eigenvalue weighted by Crippen LogP contribution is 2.57. The first kappa shape index (κ1) is 27.7. The summed E-state index contributed by atoms with van der Waals surface area (Å²) >= 11 is 0. The van der Waals surface area contributed by atoms with Crippen LogP contribution in [0.25, 0.3) is 77.3 Å². The molecule has 2 heteroatoms. The number of aromatic nitrogens is 1. The van der Waals surface area contributed by atoms with Crippen molar-refractivity contribution in [3.8, 4) is 16.8 Å². The van der Waals surface area contributed by atoms with Gasteiger partial charge in [-0.15, -0.1) is 0 Å². The molecule has 8 aromatic rings. The van der Waals surface area contributed by atoms with E-state index in [0.29, 0.717) is 11.8 Å². The Morgan fingerprint density at radius 3 is 2.16 bits per heavy atom. The van der Waals surface area contributed by atoms with Crippen LogP contribution in [0, 0.1) is 11.8 Å². The number of nitrogens with zero attached hydrogens (tertiary/aromatic N) is 1. The number of rotatable bonds is 2. The van der Waals surface area contributed by atoms with Crippen molar-refractivity contribution in [2.45, 2.75) is 19.3 Å². The fourth-order valence-corrected chi connectivity index (χ4v) is 10.2. The topological polar surface area (TPSA) is 18.1 Å². The largest absolute Gasteiger partial charge is 0.456 e. The van der Waals surface area contributed by atoms with Crippen LogP contribution in [0.4, 0.5) is 0 Å². The molecular weight excluding hydrogens is 619 g/mol. The third-order valence-electron chi connectivity index (χ3n) is 12.4. The summed E-state index contributed by atoms with van der Waals surface area (Å²) in [6.07, 6.45) is 11.7.